The highest BCUT2D eigenvalue weighted by Gasteiger charge is 2.23. The Kier molecular flexibility index (Phi) is 6.22. The smallest absolute Gasteiger partial charge is 0.240 e. The summed E-state index contributed by atoms with van der Waals surface area (Å²) in [6.45, 7) is 5.87. The van der Waals surface area contributed by atoms with Gasteiger partial charge < -0.3 is 14.6 Å². The molecular weight excluding hydrogens is 306 g/mol. The molecule has 0 aliphatic rings. The number of ether oxygens (including phenoxy) is 2. The van der Waals surface area contributed by atoms with Crippen molar-refractivity contribution in [1.82, 2.24) is 4.72 Å². The van der Waals surface area contributed by atoms with Gasteiger partial charge in [0.2, 0.25) is 10.0 Å². The number of aliphatic hydroxyl groups excluding tert-OH is 1. The minimum atomic E-state index is -3.66. The Morgan fingerprint density at radius 2 is 1.77 bits per heavy atom. The Labute approximate surface area is 132 Å². The minimum absolute atomic E-state index is 0.0930. The molecular formula is C15H25NO5S. The second-order valence-electron chi connectivity index (χ2n) is 6.09. The highest BCUT2D eigenvalue weighted by molar-refractivity contribution is 7.89. The fraction of sp³-hybridized carbons (Fsp3) is 0.600. The third-order valence-electron chi connectivity index (χ3n) is 3.37. The molecule has 0 radical (unpaired) electrons. The number of aliphatic hydroxyl groups is 1. The maximum absolute atomic E-state index is 12.2. The van der Waals surface area contributed by atoms with Crippen LogP contribution >= 0.6 is 0 Å². The predicted molar refractivity (Wildman–Crippen MR) is 84.8 cm³/mol. The monoisotopic (exact) mass is 331 g/mol. The zero-order chi connectivity index (χ0) is 17.0. The number of nitrogens with one attached hydrogen (secondary N) is 1. The van der Waals surface area contributed by atoms with E-state index in [1.54, 1.807) is 0 Å². The normalized spacial score (nSPS) is 13.7. The van der Waals surface area contributed by atoms with Gasteiger partial charge in [0.05, 0.1) is 25.2 Å². The topological polar surface area (TPSA) is 84.9 Å². The molecule has 7 heteroatoms. The van der Waals surface area contributed by atoms with Crippen LogP contribution in [0.25, 0.3) is 0 Å². The number of hydrogen-bond donors (Lipinski definition) is 2. The summed E-state index contributed by atoms with van der Waals surface area (Å²) >= 11 is 0. The van der Waals surface area contributed by atoms with E-state index in [4.69, 9.17) is 9.47 Å². The molecule has 6 nitrogen and oxygen atoms in total. The van der Waals surface area contributed by atoms with Crippen molar-refractivity contribution in [1.29, 1.82) is 0 Å². The van der Waals surface area contributed by atoms with E-state index in [9.17, 15) is 13.5 Å². The van der Waals surface area contributed by atoms with Crippen LogP contribution < -0.4 is 14.2 Å². The van der Waals surface area contributed by atoms with Gasteiger partial charge in [-0.1, -0.05) is 20.8 Å². The Bertz CT molecular complexity index is 592. The summed E-state index contributed by atoms with van der Waals surface area (Å²) in [5.41, 5.74) is -0.283. The van der Waals surface area contributed by atoms with Gasteiger partial charge in [0.15, 0.2) is 11.5 Å². The summed E-state index contributed by atoms with van der Waals surface area (Å²) in [5, 5.41) is 9.93. The molecule has 0 aliphatic carbocycles. The second kappa shape index (κ2) is 7.30. The number of methoxy groups -OCH3 is 2. The molecule has 0 amide bonds. The maximum atomic E-state index is 12.2. The molecule has 0 saturated carbocycles. The molecule has 0 aliphatic heterocycles. The third-order valence-corrected chi connectivity index (χ3v) is 4.83. The highest BCUT2D eigenvalue weighted by Crippen LogP contribution is 2.29. The van der Waals surface area contributed by atoms with E-state index >= 15 is 0 Å². The quantitative estimate of drug-likeness (QED) is 0.795. The van der Waals surface area contributed by atoms with Crippen molar-refractivity contribution in [3.8, 4) is 11.5 Å². The maximum Gasteiger partial charge on any atom is 0.240 e. The standard InChI is InChI=1S/C15H25NO5S/c1-15(2,3)14(17)8-9-16-22(18,19)11-6-7-12(20-4)13(10-11)21-5/h6-7,10,14,16-17H,8-9H2,1-5H3. The van der Waals surface area contributed by atoms with Gasteiger partial charge in [-0.05, 0) is 24.0 Å². The first-order valence-corrected chi connectivity index (χ1v) is 8.50. The first kappa shape index (κ1) is 18.7. The Morgan fingerprint density at radius 1 is 1.18 bits per heavy atom. The van der Waals surface area contributed by atoms with Gasteiger partial charge in [-0.3, -0.25) is 0 Å². The zero-order valence-corrected chi connectivity index (χ0v) is 14.5. The fourth-order valence-electron chi connectivity index (χ4n) is 1.83. The first-order chi connectivity index (χ1) is 10.1. The fourth-order valence-corrected chi connectivity index (χ4v) is 2.89. The summed E-state index contributed by atoms with van der Waals surface area (Å²) in [6, 6.07) is 4.39. The van der Waals surface area contributed by atoms with E-state index in [1.807, 2.05) is 20.8 Å². The van der Waals surface area contributed by atoms with E-state index in [1.165, 1.54) is 32.4 Å². The number of rotatable bonds is 7. The van der Waals surface area contributed by atoms with Gasteiger partial charge in [-0.2, -0.15) is 0 Å². The van der Waals surface area contributed by atoms with Crippen LogP contribution in [0, 0.1) is 5.41 Å². The SMILES string of the molecule is COc1ccc(S(=O)(=O)NCCC(O)C(C)(C)C)cc1OC. The summed E-state index contributed by atoms with van der Waals surface area (Å²) < 4.78 is 37.1. The molecule has 0 aromatic heterocycles. The van der Waals surface area contributed by atoms with Crippen LogP contribution in [-0.2, 0) is 10.0 Å². The lowest BCUT2D eigenvalue weighted by Crippen LogP contribution is -2.32. The van der Waals surface area contributed by atoms with E-state index < -0.39 is 16.1 Å². The van der Waals surface area contributed by atoms with Crippen molar-refractivity contribution >= 4 is 10.0 Å². The predicted octanol–water partition coefficient (Wildman–Crippen LogP) is 1.78. The lowest BCUT2D eigenvalue weighted by atomic mass is 9.87. The van der Waals surface area contributed by atoms with Gasteiger partial charge in [0.25, 0.3) is 0 Å². The van der Waals surface area contributed by atoms with Crippen LogP contribution in [0.2, 0.25) is 0 Å². The molecule has 126 valence electrons. The van der Waals surface area contributed by atoms with Crippen molar-refractivity contribution in [3.63, 3.8) is 0 Å². The van der Waals surface area contributed by atoms with E-state index in [-0.39, 0.29) is 16.9 Å². The first-order valence-electron chi connectivity index (χ1n) is 7.01. The lowest BCUT2D eigenvalue weighted by Gasteiger charge is -2.25. The summed E-state index contributed by atoms with van der Waals surface area (Å²) in [6.07, 6.45) is -0.240. The molecule has 0 spiro atoms. The van der Waals surface area contributed by atoms with Gasteiger partial charge in [0, 0.05) is 12.6 Å². The van der Waals surface area contributed by atoms with Gasteiger partial charge >= 0.3 is 0 Å². The molecule has 0 heterocycles. The van der Waals surface area contributed by atoms with E-state index in [0.717, 1.165) is 0 Å². The van der Waals surface area contributed by atoms with Crippen LogP contribution in [0.15, 0.2) is 23.1 Å². The minimum Gasteiger partial charge on any atom is -0.493 e. The molecule has 1 aromatic rings. The Morgan fingerprint density at radius 3 is 2.27 bits per heavy atom. The van der Waals surface area contributed by atoms with Crippen molar-refractivity contribution < 1.29 is 23.0 Å². The Hall–Kier alpha value is -1.31. The van der Waals surface area contributed by atoms with Gasteiger partial charge in [-0.15, -0.1) is 0 Å². The average molecular weight is 331 g/mol. The van der Waals surface area contributed by atoms with Crippen molar-refractivity contribution in [2.75, 3.05) is 20.8 Å². The van der Waals surface area contributed by atoms with E-state index in [0.29, 0.717) is 17.9 Å². The Balaban J connectivity index is 2.79. The second-order valence-corrected chi connectivity index (χ2v) is 7.85. The molecule has 1 rings (SSSR count). The summed E-state index contributed by atoms with van der Waals surface area (Å²) in [7, 11) is -0.726. The molecule has 0 bridgehead atoms. The number of sulfonamides is 1. The van der Waals surface area contributed by atoms with Gasteiger partial charge in [-0.25, -0.2) is 13.1 Å². The van der Waals surface area contributed by atoms with Crippen LogP contribution in [0.5, 0.6) is 11.5 Å². The molecule has 0 saturated heterocycles. The molecule has 2 N–H and O–H groups in total. The zero-order valence-electron chi connectivity index (χ0n) is 13.7. The summed E-state index contributed by atoms with van der Waals surface area (Å²) in [4.78, 5) is 0.0930. The third kappa shape index (κ3) is 4.86. The van der Waals surface area contributed by atoms with Crippen LogP contribution in [0.1, 0.15) is 27.2 Å². The molecule has 22 heavy (non-hydrogen) atoms. The van der Waals surface area contributed by atoms with Crippen molar-refractivity contribution in [2.45, 2.75) is 38.2 Å². The highest BCUT2D eigenvalue weighted by atomic mass is 32.2. The van der Waals surface area contributed by atoms with E-state index in [2.05, 4.69) is 4.72 Å². The van der Waals surface area contributed by atoms with Crippen molar-refractivity contribution in [3.05, 3.63) is 18.2 Å². The molecule has 1 atom stereocenters. The van der Waals surface area contributed by atoms with Crippen LogP contribution in [-0.4, -0.2) is 40.4 Å². The molecule has 0 fully saturated rings. The lowest BCUT2D eigenvalue weighted by molar-refractivity contribution is 0.0571. The van der Waals surface area contributed by atoms with Crippen LogP contribution in [0.4, 0.5) is 0 Å². The average Bonchev–Trinajstić information content (AvgIpc) is 2.45. The molecule has 1 unspecified atom stereocenters. The van der Waals surface area contributed by atoms with Crippen molar-refractivity contribution in [2.24, 2.45) is 5.41 Å². The van der Waals surface area contributed by atoms with Crippen LogP contribution in [0.3, 0.4) is 0 Å². The largest absolute Gasteiger partial charge is 0.493 e. The van der Waals surface area contributed by atoms with Gasteiger partial charge in [0.1, 0.15) is 0 Å². The molecule has 1 aromatic carbocycles. The number of benzene rings is 1. The number of hydrogen-bond acceptors (Lipinski definition) is 5. The summed E-state index contributed by atoms with van der Waals surface area (Å²) in [5.74, 6) is 0.810.